The first-order valence-corrected chi connectivity index (χ1v) is 5.83. The fourth-order valence-electron chi connectivity index (χ4n) is 2.01. The highest BCUT2D eigenvalue weighted by Crippen LogP contribution is 2.14. The van der Waals surface area contributed by atoms with Gasteiger partial charge in [0.05, 0.1) is 18.3 Å². The van der Waals surface area contributed by atoms with Gasteiger partial charge in [0.1, 0.15) is 5.69 Å². The Morgan fingerprint density at radius 2 is 2.11 bits per heavy atom. The number of rotatable bonds is 3. The van der Waals surface area contributed by atoms with Crippen LogP contribution in [0.15, 0.2) is 48.8 Å². The SMILES string of the molecule is O=C(O)c1cc(Cn2ncc3ccccc32)ccn1. The Morgan fingerprint density at radius 1 is 1.26 bits per heavy atom. The summed E-state index contributed by atoms with van der Waals surface area (Å²) in [5.41, 5.74) is 1.94. The molecule has 5 heteroatoms. The van der Waals surface area contributed by atoms with Crippen LogP contribution >= 0.6 is 0 Å². The van der Waals surface area contributed by atoms with Gasteiger partial charge in [0.15, 0.2) is 0 Å². The van der Waals surface area contributed by atoms with E-state index in [0.717, 1.165) is 16.5 Å². The van der Waals surface area contributed by atoms with Crippen LogP contribution in [0.5, 0.6) is 0 Å². The lowest BCUT2D eigenvalue weighted by atomic mass is 10.2. The largest absolute Gasteiger partial charge is 0.477 e. The Labute approximate surface area is 109 Å². The zero-order valence-electron chi connectivity index (χ0n) is 10.0. The topological polar surface area (TPSA) is 68.0 Å². The Kier molecular flexibility index (Phi) is 2.72. The van der Waals surface area contributed by atoms with Crippen LogP contribution in [0.3, 0.4) is 0 Å². The van der Waals surface area contributed by atoms with Crippen LogP contribution in [0.4, 0.5) is 0 Å². The number of carboxylic acids is 1. The molecule has 5 nitrogen and oxygen atoms in total. The van der Waals surface area contributed by atoms with Crippen LogP contribution in [-0.2, 0) is 6.54 Å². The molecule has 1 aromatic carbocycles. The maximum Gasteiger partial charge on any atom is 0.354 e. The highest BCUT2D eigenvalue weighted by molar-refractivity contribution is 5.85. The summed E-state index contributed by atoms with van der Waals surface area (Å²) in [6, 6.07) is 11.3. The maximum atomic E-state index is 10.9. The number of aromatic nitrogens is 3. The van der Waals surface area contributed by atoms with Crippen LogP contribution in [0.25, 0.3) is 10.9 Å². The summed E-state index contributed by atoms with van der Waals surface area (Å²) in [6.07, 6.45) is 3.30. The molecule has 94 valence electrons. The maximum absolute atomic E-state index is 10.9. The molecule has 0 bridgehead atoms. The second kappa shape index (κ2) is 4.53. The van der Waals surface area contributed by atoms with E-state index in [-0.39, 0.29) is 5.69 Å². The zero-order chi connectivity index (χ0) is 13.2. The predicted molar refractivity (Wildman–Crippen MR) is 70.0 cm³/mol. The molecule has 0 amide bonds. The lowest BCUT2D eigenvalue weighted by molar-refractivity contribution is 0.0690. The number of fused-ring (bicyclic) bond motifs is 1. The normalized spacial score (nSPS) is 10.7. The molecule has 0 atom stereocenters. The first-order valence-electron chi connectivity index (χ1n) is 5.83. The minimum Gasteiger partial charge on any atom is -0.477 e. The molecule has 0 aliphatic carbocycles. The van der Waals surface area contributed by atoms with Crippen molar-refractivity contribution in [2.75, 3.05) is 0 Å². The highest BCUT2D eigenvalue weighted by Gasteiger charge is 2.07. The third-order valence-electron chi connectivity index (χ3n) is 2.93. The van der Waals surface area contributed by atoms with Gasteiger partial charge in [-0.2, -0.15) is 5.10 Å². The van der Waals surface area contributed by atoms with Crippen molar-refractivity contribution in [3.05, 3.63) is 60.0 Å². The Bertz CT molecular complexity index is 749. The Balaban J connectivity index is 1.97. The molecule has 2 heterocycles. The van der Waals surface area contributed by atoms with Crippen molar-refractivity contribution < 1.29 is 9.90 Å². The minimum absolute atomic E-state index is 0.0500. The van der Waals surface area contributed by atoms with Gasteiger partial charge in [-0.25, -0.2) is 9.78 Å². The van der Waals surface area contributed by atoms with Gasteiger partial charge in [0, 0.05) is 11.6 Å². The molecule has 0 saturated carbocycles. The van der Waals surface area contributed by atoms with Gasteiger partial charge in [-0.3, -0.25) is 4.68 Å². The van der Waals surface area contributed by atoms with E-state index in [1.807, 2.05) is 28.9 Å². The highest BCUT2D eigenvalue weighted by atomic mass is 16.4. The lowest BCUT2D eigenvalue weighted by Crippen LogP contribution is -2.05. The number of hydrogen-bond acceptors (Lipinski definition) is 3. The average molecular weight is 253 g/mol. The first-order chi connectivity index (χ1) is 9.24. The van der Waals surface area contributed by atoms with Crippen molar-refractivity contribution in [3.8, 4) is 0 Å². The fourth-order valence-corrected chi connectivity index (χ4v) is 2.01. The Morgan fingerprint density at radius 3 is 2.95 bits per heavy atom. The predicted octanol–water partition coefficient (Wildman–Crippen LogP) is 2.18. The number of hydrogen-bond donors (Lipinski definition) is 1. The van der Waals surface area contributed by atoms with Crippen molar-refractivity contribution in [3.63, 3.8) is 0 Å². The second-order valence-corrected chi connectivity index (χ2v) is 4.22. The van der Waals surface area contributed by atoms with Crippen LogP contribution in [-0.4, -0.2) is 25.8 Å². The average Bonchev–Trinajstić information content (AvgIpc) is 2.83. The number of nitrogens with zero attached hydrogens (tertiary/aromatic N) is 3. The molecule has 19 heavy (non-hydrogen) atoms. The van der Waals surface area contributed by atoms with Crippen molar-refractivity contribution in [1.82, 2.24) is 14.8 Å². The molecule has 0 fully saturated rings. The van der Waals surface area contributed by atoms with Crippen LogP contribution < -0.4 is 0 Å². The van der Waals surface area contributed by atoms with E-state index in [0.29, 0.717) is 6.54 Å². The summed E-state index contributed by atoms with van der Waals surface area (Å²) in [4.78, 5) is 14.7. The van der Waals surface area contributed by atoms with Gasteiger partial charge in [-0.1, -0.05) is 18.2 Å². The van der Waals surface area contributed by atoms with E-state index in [2.05, 4.69) is 10.1 Å². The molecule has 0 saturated heterocycles. The molecule has 0 unspecified atom stereocenters. The number of benzene rings is 1. The summed E-state index contributed by atoms with van der Waals surface area (Å²) in [6.45, 7) is 0.524. The van der Waals surface area contributed by atoms with Gasteiger partial charge in [0.25, 0.3) is 0 Å². The van der Waals surface area contributed by atoms with Gasteiger partial charge < -0.3 is 5.11 Å². The summed E-state index contributed by atoms with van der Waals surface area (Å²) in [5.74, 6) is -1.02. The number of carboxylic acid groups (broad SMARTS) is 1. The van der Waals surface area contributed by atoms with E-state index in [9.17, 15) is 4.79 Å². The smallest absolute Gasteiger partial charge is 0.354 e. The van der Waals surface area contributed by atoms with Crippen LogP contribution in [0.1, 0.15) is 16.1 Å². The fraction of sp³-hybridized carbons (Fsp3) is 0.0714. The Hall–Kier alpha value is -2.69. The van der Waals surface area contributed by atoms with E-state index in [1.54, 1.807) is 18.3 Å². The van der Waals surface area contributed by atoms with E-state index in [4.69, 9.17) is 5.11 Å². The van der Waals surface area contributed by atoms with Crippen LogP contribution in [0, 0.1) is 0 Å². The molecule has 0 aliphatic rings. The lowest BCUT2D eigenvalue weighted by Gasteiger charge is -2.04. The first kappa shape index (κ1) is 11.4. The van der Waals surface area contributed by atoms with Crippen molar-refractivity contribution in [2.45, 2.75) is 6.54 Å². The monoisotopic (exact) mass is 253 g/mol. The van der Waals surface area contributed by atoms with Gasteiger partial charge in [-0.15, -0.1) is 0 Å². The van der Waals surface area contributed by atoms with E-state index in [1.165, 1.54) is 6.20 Å². The number of aromatic carboxylic acids is 1. The standard InChI is InChI=1S/C14H11N3O2/c18-14(19)12-7-10(5-6-15-12)9-17-13-4-2-1-3-11(13)8-16-17/h1-8H,9H2,(H,18,19). The third kappa shape index (κ3) is 2.18. The van der Waals surface area contributed by atoms with Crippen molar-refractivity contribution in [2.24, 2.45) is 0 Å². The van der Waals surface area contributed by atoms with Gasteiger partial charge in [0.2, 0.25) is 0 Å². The summed E-state index contributed by atoms with van der Waals surface area (Å²) in [7, 11) is 0. The quantitative estimate of drug-likeness (QED) is 0.776. The van der Waals surface area contributed by atoms with E-state index >= 15 is 0 Å². The molecule has 1 N–H and O–H groups in total. The molecule has 3 rings (SSSR count). The molecule has 0 radical (unpaired) electrons. The molecular formula is C14H11N3O2. The molecule has 3 aromatic rings. The summed E-state index contributed by atoms with van der Waals surface area (Å²) in [5, 5.41) is 14.3. The minimum atomic E-state index is -1.02. The third-order valence-corrected chi connectivity index (χ3v) is 2.93. The molecule has 0 aliphatic heterocycles. The van der Waals surface area contributed by atoms with Crippen molar-refractivity contribution in [1.29, 1.82) is 0 Å². The second-order valence-electron chi connectivity index (χ2n) is 4.22. The molecule has 2 aromatic heterocycles. The number of para-hydroxylation sites is 1. The summed E-state index contributed by atoms with van der Waals surface area (Å²) < 4.78 is 1.84. The van der Waals surface area contributed by atoms with Gasteiger partial charge >= 0.3 is 5.97 Å². The van der Waals surface area contributed by atoms with E-state index < -0.39 is 5.97 Å². The molecule has 0 spiro atoms. The summed E-state index contributed by atoms with van der Waals surface area (Å²) >= 11 is 0. The van der Waals surface area contributed by atoms with Crippen molar-refractivity contribution >= 4 is 16.9 Å². The molecular weight excluding hydrogens is 242 g/mol. The van der Waals surface area contributed by atoms with Gasteiger partial charge in [-0.05, 0) is 23.8 Å². The number of carbonyl (C=O) groups is 1. The number of pyridine rings is 1. The van der Waals surface area contributed by atoms with Crippen LogP contribution in [0.2, 0.25) is 0 Å². The zero-order valence-corrected chi connectivity index (χ0v) is 10.0.